The molecule has 0 aromatic heterocycles. The number of carbonyl (C=O) groups excluding carboxylic acids is 1. The van der Waals surface area contributed by atoms with Gasteiger partial charge in [0.25, 0.3) is 0 Å². The summed E-state index contributed by atoms with van der Waals surface area (Å²) in [6, 6.07) is 8.78. The normalized spacial score (nSPS) is 17.6. The van der Waals surface area contributed by atoms with Crippen LogP contribution in [0, 0.1) is 11.3 Å². The maximum absolute atomic E-state index is 12.3. The van der Waals surface area contributed by atoms with E-state index in [4.69, 9.17) is 31.5 Å². The standard InChI is InChI=1S/C16H15ClN2O4/c1-21-8-12-14(16(20)22-2)13(11(7-18)15(19)23-12)9-3-5-10(17)6-4-9/h3-6,13H,8,19H2,1-2H3/t13-/m0/s1. The van der Waals surface area contributed by atoms with Crippen molar-refractivity contribution >= 4 is 17.6 Å². The predicted octanol–water partition coefficient (Wildman–Crippen LogP) is 2.22. The van der Waals surface area contributed by atoms with E-state index in [1.54, 1.807) is 24.3 Å². The number of nitrogens with two attached hydrogens (primary N) is 1. The van der Waals surface area contributed by atoms with Crippen molar-refractivity contribution in [3.05, 3.63) is 57.6 Å². The van der Waals surface area contributed by atoms with Crippen molar-refractivity contribution in [1.29, 1.82) is 5.26 Å². The molecule has 0 aliphatic carbocycles. The molecule has 120 valence electrons. The van der Waals surface area contributed by atoms with E-state index in [9.17, 15) is 10.1 Å². The van der Waals surface area contributed by atoms with Crippen molar-refractivity contribution in [2.45, 2.75) is 5.92 Å². The summed E-state index contributed by atoms with van der Waals surface area (Å²) in [6.07, 6.45) is 0. The Morgan fingerprint density at radius 2 is 2.04 bits per heavy atom. The molecule has 0 radical (unpaired) electrons. The second-order valence-corrected chi connectivity index (χ2v) is 5.17. The minimum absolute atomic E-state index is 0.0218. The van der Waals surface area contributed by atoms with Crippen LogP contribution in [0.1, 0.15) is 11.5 Å². The SMILES string of the molecule is COCC1=C(C(=O)OC)[C@@H](c2ccc(Cl)cc2)C(C#N)=C(N)O1. The fourth-order valence-electron chi connectivity index (χ4n) is 2.38. The Morgan fingerprint density at radius 3 is 2.57 bits per heavy atom. The molecule has 1 aliphatic heterocycles. The highest BCUT2D eigenvalue weighted by Crippen LogP contribution is 2.39. The first-order chi connectivity index (χ1) is 11.0. The number of nitrogens with zero attached hydrogens (tertiary/aromatic N) is 1. The van der Waals surface area contributed by atoms with Crippen LogP contribution >= 0.6 is 11.6 Å². The zero-order chi connectivity index (χ0) is 17.0. The molecule has 2 N–H and O–H groups in total. The largest absolute Gasteiger partial charge is 0.466 e. The van der Waals surface area contributed by atoms with Gasteiger partial charge in [0.15, 0.2) is 0 Å². The van der Waals surface area contributed by atoms with Gasteiger partial charge in [0.05, 0.1) is 18.6 Å². The third-order valence-electron chi connectivity index (χ3n) is 3.38. The smallest absolute Gasteiger partial charge is 0.338 e. The van der Waals surface area contributed by atoms with Crippen LogP contribution in [-0.4, -0.2) is 26.8 Å². The van der Waals surface area contributed by atoms with Gasteiger partial charge >= 0.3 is 5.97 Å². The van der Waals surface area contributed by atoms with E-state index in [0.29, 0.717) is 10.6 Å². The van der Waals surface area contributed by atoms with Crippen LogP contribution in [0.15, 0.2) is 47.1 Å². The molecule has 0 fully saturated rings. The zero-order valence-electron chi connectivity index (χ0n) is 12.6. The van der Waals surface area contributed by atoms with E-state index in [1.807, 2.05) is 6.07 Å². The fourth-order valence-corrected chi connectivity index (χ4v) is 2.50. The van der Waals surface area contributed by atoms with Gasteiger partial charge in [-0.25, -0.2) is 4.79 Å². The summed E-state index contributed by atoms with van der Waals surface area (Å²) < 4.78 is 15.3. The number of esters is 1. The lowest BCUT2D eigenvalue weighted by atomic mass is 9.83. The molecule has 7 heteroatoms. The maximum Gasteiger partial charge on any atom is 0.338 e. The van der Waals surface area contributed by atoms with Crippen LogP contribution in [0.3, 0.4) is 0 Å². The van der Waals surface area contributed by atoms with Crippen LogP contribution in [0.4, 0.5) is 0 Å². The summed E-state index contributed by atoms with van der Waals surface area (Å²) >= 11 is 5.90. The van der Waals surface area contributed by atoms with E-state index in [1.165, 1.54) is 14.2 Å². The Labute approximate surface area is 138 Å². The Hall–Kier alpha value is -2.49. The average Bonchev–Trinajstić information content (AvgIpc) is 2.54. The van der Waals surface area contributed by atoms with Gasteiger partial charge in [0.2, 0.25) is 5.88 Å². The number of allylic oxidation sites excluding steroid dienone is 1. The number of hydrogen-bond acceptors (Lipinski definition) is 6. The quantitative estimate of drug-likeness (QED) is 0.848. The lowest BCUT2D eigenvalue weighted by Gasteiger charge is -2.27. The third-order valence-corrected chi connectivity index (χ3v) is 3.63. The molecule has 6 nitrogen and oxygen atoms in total. The van der Waals surface area contributed by atoms with Gasteiger partial charge in [-0.05, 0) is 17.7 Å². The van der Waals surface area contributed by atoms with Gasteiger partial charge in [-0.3, -0.25) is 0 Å². The molecule has 0 saturated heterocycles. The topological polar surface area (TPSA) is 94.6 Å². The molecule has 1 aromatic rings. The lowest BCUT2D eigenvalue weighted by Crippen LogP contribution is -2.27. The predicted molar refractivity (Wildman–Crippen MR) is 83.0 cm³/mol. The minimum Gasteiger partial charge on any atom is -0.466 e. The van der Waals surface area contributed by atoms with E-state index >= 15 is 0 Å². The summed E-state index contributed by atoms with van der Waals surface area (Å²) in [7, 11) is 2.72. The summed E-state index contributed by atoms with van der Waals surface area (Å²) in [5, 5.41) is 9.98. The highest BCUT2D eigenvalue weighted by Gasteiger charge is 2.37. The molecular weight excluding hydrogens is 320 g/mol. The maximum atomic E-state index is 12.3. The number of benzene rings is 1. The molecule has 0 saturated carbocycles. The molecule has 0 amide bonds. The molecule has 1 aromatic carbocycles. The van der Waals surface area contributed by atoms with Crippen LogP contribution in [0.2, 0.25) is 5.02 Å². The first kappa shape index (κ1) is 16.9. The van der Waals surface area contributed by atoms with Crippen molar-refractivity contribution < 1.29 is 19.0 Å². The van der Waals surface area contributed by atoms with Crippen LogP contribution in [0.5, 0.6) is 0 Å². The molecule has 1 heterocycles. The van der Waals surface area contributed by atoms with E-state index < -0.39 is 11.9 Å². The van der Waals surface area contributed by atoms with Crippen LogP contribution < -0.4 is 5.73 Å². The van der Waals surface area contributed by atoms with E-state index in [-0.39, 0.29) is 29.4 Å². The van der Waals surface area contributed by atoms with Gasteiger partial charge in [-0.2, -0.15) is 5.26 Å². The van der Waals surface area contributed by atoms with Gasteiger partial charge in [-0.15, -0.1) is 0 Å². The van der Waals surface area contributed by atoms with E-state index in [0.717, 1.165) is 0 Å². The lowest BCUT2D eigenvalue weighted by molar-refractivity contribution is -0.136. The van der Waals surface area contributed by atoms with Crippen molar-refractivity contribution in [3.63, 3.8) is 0 Å². The van der Waals surface area contributed by atoms with Crippen molar-refractivity contribution in [1.82, 2.24) is 0 Å². The number of rotatable bonds is 4. The van der Waals surface area contributed by atoms with Crippen LogP contribution in [-0.2, 0) is 19.0 Å². The summed E-state index contributed by atoms with van der Waals surface area (Å²) in [5.41, 5.74) is 6.83. The van der Waals surface area contributed by atoms with Gasteiger partial charge in [0.1, 0.15) is 24.0 Å². The van der Waals surface area contributed by atoms with Crippen molar-refractivity contribution in [2.24, 2.45) is 5.73 Å². The van der Waals surface area contributed by atoms with Gasteiger partial charge in [0, 0.05) is 12.1 Å². The first-order valence-corrected chi connectivity index (χ1v) is 7.04. The first-order valence-electron chi connectivity index (χ1n) is 6.66. The molecule has 1 atom stereocenters. The van der Waals surface area contributed by atoms with E-state index in [2.05, 4.69) is 0 Å². The highest BCUT2D eigenvalue weighted by molar-refractivity contribution is 6.30. The Bertz CT molecular complexity index is 717. The summed E-state index contributed by atoms with van der Waals surface area (Å²) in [5.74, 6) is -1.16. The summed E-state index contributed by atoms with van der Waals surface area (Å²) in [6.45, 7) is 0.0218. The number of hydrogen-bond donors (Lipinski definition) is 1. The number of halogens is 1. The number of methoxy groups -OCH3 is 2. The summed E-state index contributed by atoms with van der Waals surface area (Å²) in [4.78, 5) is 12.3. The Kier molecular flexibility index (Phi) is 5.27. The Morgan fingerprint density at radius 1 is 1.39 bits per heavy atom. The second kappa shape index (κ2) is 7.18. The number of ether oxygens (including phenoxy) is 3. The number of carbonyl (C=O) groups is 1. The minimum atomic E-state index is -0.705. The molecule has 0 spiro atoms. The Balaban J connectivity index is 2.65. The highest BCUT2D eigenvalue weighted by atomic mass is 35.5. The molecule has 0 unspecified atom stereocenters. The fraction of sp³-hybridized carbons (Fsp3) is 0.250. The zero-order valence-corrected chi connectivity index (χ0v) is 13.4. The second-order valence-electron chi connectivity index (χ2n) is 4.74. The molecule has 23 heavy (non-hydrogen) atoms. The molecule has 0 bridgehead atoms. The molecule has 1 aliphatic rings. The molecular formula is C16H15ClN2O4. The van der Waals surface area contributed by atoms with Crippen molar-refractivity contribution in [3.8, 4) is 6.07 Å². The monoisotopic (exact) mass is 334 g/mol. The number of nitriles is 1. The molecule has 2 rings (SSSR count). The van der Waals surface area contributed by atoms with Crippen LogP contribution in [0.25, 0.3) is 0 Å². The van der Waals surface area contributed by atoms with Gasteiger partial charge < -0.3 is 19.9 Å². The third kappa shape index (κ3) is 3.31. The average molecular weight is 335 g/mol. The van der Waals surface area contributed by atoms with Crippen molar-refractivity contribution in [2.75, 3.05) is 20.8 Å². The van der Waals surface area contributed by atoms with Gasteiger partial charge in [-0.1, -0.05) is 23.7 Å².